The van der Waals surface area contributed by atoms with Gasteiger partial charge in [0.25, 0.3) is 0 Å². The van der Waals surface area contributed by atoms with E-state index in [1.54, 1.807) is 0 Å². The fourth-order valence-corrected chi connectivity index (χ4v) is 1.54. The SMILES string of the molecule is CCCCCNCC1(CN)COC1. The first-order valence-electron chi connectivity index (χ1n) is 5.31. The zero-order valence-corrected chi connectivity index (χ0v) is 8.64. The standard InChI is InChI=1S/C10H22N2O/c1-2-3-4-5-12-7-10(6-11)8-13-9-10/h12H,2-9,11H2,1H3. The summed E-state index contributed by atoms with van der Waals surface area (Å²) in [5.74, 6) is 0. The molecule has 3 nitrogen and oxygen atoms in total. The third kappa shape index (κ3) is 3.25. The highest BCUT2D eigenvalue weighted by atomic mass is 16.5. The molecule has 1 aliphatic rings. The van der Waals surface area contributed by atoms with E-state index in [9.17, 15) is 0 Å². The fraction of sp³-hybridized carbons (Fsp3) is 1.00. The molecule has 0 saturated carbocycles. The summed E-state index contributed by atoms with van der Waals surface area (Å²) in [5, 5.41) is 3.45. The van der Waals surface area contributed by atoms with Crippen molar-refractivity contribution in [3.05, 3.63) is 0 Å². The number of hydrogen-bond donors (Lipinski definition) is 2. The lowest BCUT2D eigenvalue weighted by Crippen LogP contribution is -2.54. The van der Waals surface area contributed by atoms with Crippen molar-refractivity contribution in [1.82, 2.24) is 5.32 Å². The predicted molar refractivity (Wildman–Crippen MR) is 54.7 cm³/mol. The molecular weight excluding hydrogens is 164 g/mol. The summed E-state index contributed by atoms with van der Waals surface area (Å²) in [4.78, 5) is 0. The largest absolute Gasteiger partial charge is 0.380 e. The van der Waals surface area contributed by atoms with Crippen molar-refractivity contribution < 1.29 is 4.74 Å². The molecule has 0 radical (unpaired) electrons. The van der Waals surface area contributed by atoms with Crippen molar-refractivity contribution in [1.29, 1.82) is 0 Å². The van der Waals surface area contributed by atoms with Crippen molar-refractivity contribution in [3.8, 4) is 0 Å². The first-order valence-corrected chi connectivity index (χ1v) is 5.31. The quantitative estimate of drug-likeness (QED) is 0.577. The van der Waals surface area contributed by atoms with Gasteiger partial charge in [-0.25, -0.2) is 0 Å². The van der Waals surface area contributed by atoms with Crippen LogP contribution in [0.5, 0.6) is 0 Å². The molecule has 1 heterocycles. The summed E-state index contributed by atoms with van der Waals surface area (Å²) in [6, 6.07) is 0. The number of ether oxygens (including phenoxy) is 1. The van der Waals surface area contributed by atoms with E-state index in [0.717, 1.165) is 32.8 Å². The van der Waals surface area contributed by atoms with Crippen LogP contribution < -0.4 is 11.1 Å². The predicted octanol–water partition coefficient (Wildman–Crippen LogP) is 0.741. The fourth-order valence-electron chi connectivity index (χ4n) is 1.54. The Morgan fingerprint density at radius 2 is 2.15 bits per heavy atom. The van der Waals surface area contributed by atoms with Crippen LogP contribution in [0.3, 0.4) is 0 Å². The minimum atomic E-state index is 0.256. The number of unbranched alkanes of at least 4 members (excludes halogenated alkanes) is 2. The first kappa shape index (κ1) is 11.0. The van der Waals surface area contributed by atoms with E-state index in [1.807, 2.05) is 0 Å². The van der Waals surface area contributed by atoms with Crippen molar-refractivity contribution >= 4 is 0 Å². The Morgan fingerprint density at radius 3 is 2.62 bits per heavy atom. The lowest BCUT2D eigenvalue weighted by molar-refractivity contribution is -0.104. The average molecular weight is 186 g/mol. The number of nitrogens with two attached hydrogens (primary N) is 1. The topological polar surface area (TPSA) is 47.3 Å². The summed E-state index contributed by atoms with van der Waals surface area (Å²) < 4.78 is 5.19. The van der Waals surface area contributed by atoms with Crippen LogP contribution in [0.25, 0.3) is 0 Å². The van der Waals surface area contributed by atoms with Gasteiger partial charge < -0.3 is 15.8 Å². The Kier molecular flexibility index (Phi) is 4.70. The van der Waals surface area contributed by atoms with Crippen molar-refractivity contribution in [2.45, 2.75) is 26.2 Å². The maximum absolute atomic E-state index is 5.69. The van der Waals surface area contributed by atoms with Crippen LogP contribution in [0, 0.1) is 5.41 Å². The molecule has 0 bridgehead atoms. The average Bonchev–Trinajstić information content (AvgIpc) is 2.09. The summed E-state index contributed by atoms with van der Waals surface area (Å²) in [6.07, 6.45) is 3.88. The van der Waals surface area contributed by atoms with Crippen LogP contribution in [0.4, 0.5) is 0 Å². The molecule has 13 heavy (non-hydrogen) atoms. The zero-order valence-electron chi connectivity index (χ0n) is 8.64. The molecule has 1 fully saturated rings. The van der Waals surface area contributed by atoms with Gasteiger partial charge in [0.2, 0.25) is 0 Å². The van der Waals surface area contributed by atoms with Crippen molar-refractivity contribution in [2.24, 2.45) is 11.1 Å². The highest BCUT2D eigenvalue weighted by Gasteiger charge is 2.36. The maximum Gasteiger partial charge on any atom is 0.0569 e. The lowest BCUT2D eigenvalue weighted by atomic mass is 9.86. The third-order valence-electron chi connectivity index (χ3n) is 2.71. The van der Waals surface area contributed by atoms with E-state index in [4.69, 9.17) is 10.5 Å². The first-order chi connectivity index (χ1) is 6.33. The molecule has 3 heteroatoms. The molecule has 0 aromatic heterocycles. The van der Waals surface area contributed by atoms with Crippen LogP contribution in [-0.2, 0) is 4.74 Å². The molecule has 0 aromatic carbocycles. The minimum absolute atomic E-state index is 0.256. The highest BCUT2D eigenvalue weighted by molar-refractivity contribution is 4.88. The van der Waals surface area contributed by atoms with Gasteiger partial charge in [-0.1, -0.05) is 19.8 Å². The van der Waals surface area contributed by atoms with E-state index in [0.29, 0.717) is 0 Å². The molecule has 0 spiro atoms. The number of rotatable bonds is 7. The van der Waals surface area contributed by atoms with Gasteiger partial charge in [0, 0.05) is 18.5 Å². The second-order valence-electron chi connectivity index (χ2n) is 4.08. The van der Waals surface area contributed by atoms with E-state index in [-0.39, 0.29) is 5.41 Å². The molecule has 0 amide bonds. The monoisotopic (exact) mass is 186 g/mol. The maximum atomic E-state index is 5.69. The molecule has 1 saturated heterocycles. The highest BCUT2D eigenvalue weighted by Crippen LogP contribution is 2.24. The lowest BCUT2D eigenvalue weighted by Gasteiger charge is -2.40. The van der Waals surface area contributed by atoms with Gasteiger partial charge in [-0.2, -0.15) is 0 Å². The van der Waals surface area contributed by atoms with E-state index < -0.39 is 0 Å². The molecule has 0 aromatic rings. The number of nitrogens with one attached hydrogen (secondary N) is 1. The Balaban J connectivity index is 1.98. The van der Waals surface area contributed by atoms with Crippen LogP contribution >= 0.6 is 0 Å². The molecule has 0 unspecified atom stereocenters. The van der Waals surface area contributed by atoms with Crippen molar-refractivity contribution in [3.63, 3.8) is 0 Å². The van der Waals surface area contributed by atoms with E-state index in [1.165, 1.54) is 19.3 Å². The van der Waals surface area contributed by atoms with E-state index >= 15 is 0 Å². The van der Waals surface area contributed by atoms with Crippen LogP contribution in [0.1, 0.15) is 26.2 Å². The minimum Gasteiger partial charge on any atom is -0.380 e. The van der Waals surface area contributed by atoms with Gasteiger partial charge in [-0.15, -0.1) is 0 Å². The van der Waals surface area contributed by atoms with Gasteiger partial charge in [0.1, 0.15) is 0 Å². The summed E-state index contributed by atoms with van der Waals surface area (Å²) >= 11 is 0. The van der Waals surface area contributed by atoms with Gasteiger partial charge >= 0.3 is 0 Å². The Hall–Kier alpha value is -0.120. The van der Waals surface area contributed by atoms with Gasteiger partial charge in [-0.05, 0) is 13.0 Å². The van der Waals surface area contributed by atoms with Crippen LogP contribution in [0.15, 0.2) is 0 Å². The normalized spacial score (nSPS) is 19.8. The summed E-state index contributed by atoms with van der Waals surface area (Å²) in [7, 11) is 0. The third-order valence-corrected chi connectivity index (χ3v) is 2.71. The molecule has 78 valence electrons. The van der Waals surface area contributed by atoms with Crippen LogP contribution in [-0.4, -0.2) is 32.8 Å². The Bertz CT molecular complexity index is 129. The Labute approximate surface area is 81.0 Å². The summed E-state index contributed by atoms with van der Waals surface area (Å²) in [6.45, 7) is 6.78. The molecular formula is C10H22N2O. The second kappa shape index (κ2) is 5.58. The molecule has 1 aliphatic heterocycles. The molecule has 0 aliphatic carbocycles. The summed E-state index contributed by atoms with van der Waals surface area (Å²) in [5.41, 5.74) is 5.95. The zero-order chi connectivity index (χ0) is 9.57. The van der Waals surface area contributed by atoms with Crippen LogP contribution in [0.2, 0.25) is 0 Å². The van der Waals surface area contributed by atoms with Gasteiger partial charge in [0.05, 0.1) is 13.2 Å². The van der Waals surface area contributed by atoms with E-state index in [2.05, 4.69) is 12.2 Å². The molecule has 0 atom stereocenters. The Morgan fingerprint density at radius 1 is 1.38 bits per heavy atom. The number of hydrogen-bond acceptors (Lipinski definition) is 3. The van der Waals surface area contributed by atoms with Crippen molar-refractivity contribution in [2.75, 3.05) is 32.8 Å². The second-order valence-corrected chi connectivity index (χ2v) is 4.08. The van der Waals surface area contributed by atoms with Gasteiger partial charge in [0.15, 0.2) is 0 Å². The smallest absolute Gasteiger partial charge is 0.0569 e. The molecule has 1 rings (SSSR count). The molecule has 3 N–H and O–H groups in total. The van der Waals surface area contributed by atoms with Gasteiger partial charge in [-0.3, -0.25) is 0 Å².